The summed E-state index contributed by atoms with van der Waals surface area (Å²) in [5, 5.41) is 0.535. The maximum absolute atomic E-state index is 12.6. The second-order valence-corrected chi connectivity index (χ2v) is 9.66. The van der Waals surface area contributed by atoms with Crippen LogP contribution in [0.4, 0.5) is 0 Å². The van der Waals surface area contributed by atoms with E-state index in [9.17, 15) is 8.42 Å². The molecule has 2 aromatic rings. The van der Waals surface area contributed by atoms with Crippen molar-refractivity contribution in [3.8, 4) is 0 Å². The molecule has 0 spiro atoms. The van der Waals surface area contributed by atoms with Gasteiger partial charge in [-0.2, -0.15) is 4.31 Å². The van der Waals surface area contributed by atoms with Crippen LogP contribution in [-0.4, -0.2) is 38.9 Å². The normalized spacial score (nSPS) is 17.5. The summed E-state index contributed by atoms with van der Waals surface area (Å²) in [5.74, 6) is 0. The molecule has 3 rings (SSSR count). The third-order valence-corrected chi connectivity index (χ3v) is 7.33. The van der Waals surface area contributed by atoms with Crippen molar-refractivity contribution in [3.63, 3.8) is 0 Å². The van der Waals surface area contributed by atoms with Gasteiger partial charge in [-0.1, -0.05) is 23.2 Å². The Balaban J connectivity index is 1.62. The largest absolute Gasteiger partial charge is 0.328 e. The standard InChI is InChI=1S/C15H16Cl2N2O2S2/c16-12-1-4-14(5-2-12)23(20,21)19-9-7-18(8-10-19)11-13-3-6-15(17)22-13/h1-6H,7-11H2/p+1. The number of halogens is 2. The maximum Gasteiger partial charge on any atom is 0.243 e. The highest BCUT2D eigenvalue weighted by atomic mass is 35.5. The summed E-state index contributed by atoms with van der Waals surface area (Å²) in [7, 11) is -3.43. The van der Waals surface area contributed by atoms with Crippen LogP contribution in [0.15, 0.2) is 41.3 Å². The number of piperazine rings is 1. The van der Waals surface area contributed by atoms with Crippen LogP contribution in [0.3, 0.4) is 0 Å². The van der Waals surface area contributed by atoms with Crippen molar-refractivity contribution < 1.29 is 13.3 Å². The summed E-state index contributed by atoms with van der Waals surface area (Å²) in [4.78, 5) is 2.92. The molecule has 0 saturated carbocycles. The highest BCUT2D eigenvalue weighted by Gasteiger charge is 2.30. The molecule has 0 radical (unpaired) electrons. The van der Waals surface area contributed by atoms with Gasteiger partial charge in [0.2, 0.25) is 10.0 Å². The smallest absolute Gasteiger partial charge is 0.243 e. The number of quaternary nitrogens is 1. The molecule has 1 N–H and O–H groups in total. The molecule has 0 atom stereocenters. The van der Waals surface area contributed by atoms with Crippen molar-refractivity contribution >= 4 is 44.6 Å². The minimum atomic E-state index is -3.43. The number of hydrogen-bond acceptors (Lipinski definition) is 3. The van der Waals surface area contributed by atoms with Gasteiger partial charge in [0.05, 0.1) is 40.3 Å². The van der Waals surface area contributed by atoms with E-state index >= 15 is 0 Å². The minimum Gasteiger partial charge on any atom is -0.328 e. The fourth-order valence-electron chi connectivity index (χ4n) is 2.67. The molecule has 1 aliphatic heterocycles. The van der Waals surface area contributed by atoms with Gasteiger partial charge in [-0.15, -0.1) is 11.3 Å². The van der Waals surface area contributed by atoms with Crippen LogP contribution in [0, 0.1) is 0 Å². The molecule has 4 nitrogen and oxygen atoms in total. The second-order valence-electron chi connectivity index (χ2n) is 5.49. The first kappa shape index (κ1) is 17.2. The number of thiophene rings is 1. The van der Waals surface area contributed by atoms with Crippen LogP contribution < -0.4 is 4.90 Å². The van der Waals surface area contributed by atoms with Crippen LogP contribution in [-0.2, 0) is 16.6 Å². The van der Waals surface area contributed by atoms with Gasteiger partial charge in [-0.3, -0.25) is 0 Å². The molecule has 23 heavy (non-hydrogen) atoms. The first-order valence-electron chi connectivity index (χ1n) is 7.28. The summed E-state index contributed by atoms with van der Waals surface area (Å²) in [6, 6.07) is 10.3. The first-order valence-corrected chi connectivity index (χ1v) is 10.3. The van der Waals surface area contributed by atoms with E-state index in [0.717, 1.165) is 24.0 Å². The minimum absolute atomic E-state index is 0.301. The first-order chi connectivity index (χ1) is 10.9. The molecule has 124 valence electrons. The molecule has 1 aliphatic rings. The molecule has 2 heterocycles. The fraction of sp³-hybridized carbons (Fsp3) is 0.333. The molecule has 0 amide bonds. The van der Waals surface area contributed by atoms with E-state index in [0.29, 0.717) is 23.0 Å². The number of sulfonamides is 1. The van der Waals surface area contributed by atoms with Gasteiger partial charge in [0.25, 0.3) is 0 Å². The van der Waals surface area contributed by atoms with Gasteiger partial charge in [-0.05, 0) is 36.4 Å². The van der Waals surface area contributed by atoms with Gasteiger partial charge in [0.15, 0.2) is 0 Å². The Hall–Kier alpha value is -0.630. The monoisotopic (exact) mass is 391 g/mol. The molecule has 0 unspecified atom stereocenters. The molecular formula is C15H17Cl2N2O2S2+. The Morgan fingerprint density at radius 1 is 1.04 bits per heavy atom. The average molecular weight is 392 g/mol. The van der Waals surface area contributed by atoms with Gasteiger partial charge in [0.1, 0.15) is 6.54 Å². The molecule has 8 heteroatoms. The topological polar surface area (TPSA) is 41.8 Å². The van der Waals surface area contributed by atoms with E-state index in [2.05, 4.69) is 0 Å². The zero-order valence-corrected chi connectivity index (χ0v) is 15.5. The molecule has 1 aromatic carbocycles. The van der Waals surface area contributed by atoms with Gasteiger partial charge >= 0.3 is 0 Å². The van der Waals surface area contributed by atoms with Gasteiger partial charge in [0, 0.05) is 5.02 Å². The Kier molecular flexibility index (Phi) is 5.30. The van der Waals surface area contributed by atoms with Crippen LogP contribution in [0.2, 0.25) is 9.36 Å². The Morgan fingerprint density at radius 3 is 2.26 bits per heavy atom. The lowest BCUT2D eigenvalue weighted by Gasteiger charge is -2.31. The number of nitrogens with zero attached hydrogens (tertiary/aromatic N) is 1. The van der Waals surface area contributed by atoms with Crippen molar-refractivity contribution in [2.75, 3.05) is 26.2 Å². The summed E-state index contributed by atoms with van der Waals surface area (Å²) >= 11 is 13.4. The fourth-order valence-corrected chi connectivity index (χ4v) is 5.40. The summed E-state index contributed by atoms with van der Waals surface area (Å²) in [6.45, 7) is 3.54. The molecule has 1 fully saturated rings. The quantitative estimate of drug-likeness (QED) is 0.867. The third-order valence-electron chi connectivity index (χ3n) is 3.93. The highest BCUT2D eigenvalue weighted by molar-refractivity contribution is 7.89. The summed E-state index contributed by atoms with van der Waals surface area (Å²) in [5.41, 5.74) is 0. The van der Waals surface area contributed by atoms with E-state index < -0.39 is 10.0 Å². The molecule has 0 bridgehead atoms. The Bertz CT molecular complexity index is 767. The van der Waals surface area contributed by atoms with Crippen molar-refractivity contribution in [2.24, 2.45) is 0 Å². The lowest BCUT2D eigenvalue weighted by atomic mass is 10.3. The predicted molar refractivity (Wildman–Crippen MR) is 93.9 cm³/mol. The van der Waals surface area contributed by atoms with Crippen LogP contribution in [0.1, 0.15) is 4.88 Å². The number of nitrogens with one attached hydrogen (secondary N) is 1. The number of hydrogen-bond donors (Lipinski definition) is 1. The van der Waals surface area contributed by atoms with Crippen LogP contribution in [0.25, 0.3) is 0 Å². The predicted octanol–water partition coefficient (Wildman–Crippen LogP) is 2.14. The number of rotatable bonds is 4. The van der Waals surface area contributed by atoms with E-state index in [4.69, 9.17) is 23.2 Å². The van der Waals surface area contributed by atoms with Gasteiger partial charge < -0.3 is 4.90 Å². The van der Waals surface area contributed by atoms with Crippen LogP contribution in [0.5, 0.6) is 0 Å². The SMILES string of the molecule is O=S(=O)(c1ccc(Cl)cc1)N1CC[NH+](Cc2ccc(Cl)s2)CC1. The lowest BCUT2D eigenvalue weighted by Crippen LogP contribution is -3.13. The summed E-state index contributed by atoms with van der Waals surface area (Å²) in [6.07, 6.45) is 0. The van der Waals surface area contributed by atoms with Crippen molar-refractivity contribution in [3.05, 3.63) is 50.6 Å². The Morgan fingerprint density at radius 2 is 1.70 bits per heavy atom. The second kappa shape index (κ2) is 7.09. The van der Waals surface area contributed by atoms with E-state index in [-0.39, 0.29) is 0 Å². The summed E-state index contributed by atoms with van der Waals surface area (Å²) < 4.78 is 27.6. The molecule has 1 aromatic heterocycles. The molecule has 0 aliphatic carbocycles. The van der Waals surface area contributed by atoms with E-state index in [1.54, 1.807) is 39.9 Å². The van der Waals surface area contributed by atoms with Gasteiger partial charge in [-0.25, -0.2) is 8.42 Å². The average Bonchev–Trinajstić information content (AvgIpc) is 2.93. The molecular weight excluding hydrogens is 375 g/mol. The van der Waals surface area contributed by atoms with Crippen LogP contribution >= 0.6 is 34.5 Å². The third kappa shape index (κ3) is 4.07. The van der Waals surface area contributed by atoms with E-state index in [1.165, 1.54) is 9.78 Å². The van der Waals surface area contributed by atoms with Crippen molar-refractivity contribution in [1.29, 1.82) is 0 Å². The zero-order valence-electron chi connectivity index (χ0n) is 12.3. The van der Waals surface area contributed by atoms with Crippen molar-refractivity contribution in [2.45, 2.75) is 11.4 Å². The maximum atomic E-state index is 12.6. The molecule has 1 saturated heterocycles. The van der Waals surface area contributed by atoms with E-state index in [1.807, 2.05) is 12.1 Å². The lowest BCUT2D eigenvalue weighted by molar-refractivity contribution is -0.917. The Labute approximate surface area is 150 Å². The zero-order chi connectivity index (χ0) is 16.4. The van der Waals surface area contributed by atoms with Crippen molar-refractivity contribution in [1.82, 2.24) is 4.31 Å². The number of benzene rings is 1. The highest BCUT2D eigenvalue weighted by Crippen LogP contribution is 2.21.